The molecule has 2 aromatic heterocycles. The third-order valence-corrected chi connectivity index (χ3v) is 5.37. The molecule has 2 aromatic rings. The van der Waals surface area contributed by atoms with Gasteiger partial charge in [-0.3, -0.25) is 0 Å². The average Bonchev–Trinajstić information content (AvgIpc) is 3.00. The van der Waals surface area contributed by atoms with Gasteiger partial charge in [0.15, 0.2) is 5.65 Å². The molecule has 6 nitrogen and oxygen atoms in total. The predicted octanol–water partition coefficient (Wildman–Crippen LogP) is 2.16. The van der Waals surface area contributed by atoms with Crippen LogP contribution in [-0.4, -0.2) is 57.9 Å². The van der Waals surface area contributed by atoms with Crippen molar-refractivity contribution in [2.24, 2.45) is 5.92 Å². The standard InChI is InChI=1S/C17H26N6/c1-21-7-9-22(10-8-21)16-15-11-20-23(17(15)19-13-18-16)12-14-5-3-2-4-6-14/h11,13-14H,2-10,12H2,1H3. The van der Waals surface area contributed by atoms with Gasteiger partial charge in [-0.15, -0.1) is 0 Å². The van der Waals surface area contributed by atoms with Crippen molar-refractivity contribution in [1.82, 2.24) is 24.6 Å². The van der Waals surface area contributed by atoms with Gasteiger partial charge in [-0.05, 0) is 25.8 Å². The first-order chi connectivity index (χ1) is 11.3. The Labute approximate surface area is 137 Å². The van der Waals surface area contributed by atoms with E-state index in [-0.39, 0.29) is 0 Å². The van der Waals surface area contributed by atoms with Crippen LogP contribution in [0.2, 0.25) is 0 Å². The molecule has 0 aromatic carbocycles. The maximum atomic E-state index is 4.64. The third-order valence-electron chi connectivity index (χ3n) is 5.37. The van der Waals surface area contributed by atoms with E-state index in [9.17, 15) is 0 Å². The van der Waals surface area contributed by atoms with E-state index in [1.165, 1.54) is 32.1 Å². The highest BCUT2D eigenvalue weighted by atomic mass is 15.3. The number of rotatable bonds is 3. The lowest BCUT2D eigenvalue weighted by Crippen LogP contribution is -2.44. The number of nitrogens with zero attached hydrogens (tertiary/aromatic N) is 6. The lowest BCUT2D eigenvalue weighted by molar-refractivity contribution is 0.311. The van der Waals surface area contributed by atoms with Gasteiger partial charge in [0.05, 0.1) is 11.6 Å². The van der Waals surface area contributed by atoms with Crippen molar-refractivity contribution < 1.29 is 0 Å². The highest BCUT2D eigenvalue weighted by Crippen LogP contribution is 2.28. The summed E-state index contributed by atoms with van der Waals surface area (Å²) in [6.45, 7) is 5.22. The van der Waals surface area contributed by atoms with Gasteiger partial charge in [-0.1, -0.05) is 19.3 Å². The zero-order valence-corrected chi connectivity index (χ0v) is 14.0. The molecule has 4 rings (SSSR count). The second-order valence-corrected chi connectivity index (χ2v) is 7.06. The first-order valence-electron chi connectivity index (χ1n) is 8.91. The fourth-order valence-corrected chi connectivity index (χ4v) is 3.90. The molecular weight excluding hydrogens is 288 g/mol. The maximum Gasteiger partial charge on any atom is 0.163 e. The van der Waals surface area contributed by atoms with Gasteiger partial charge >= 0.3 is 0 Å². The molecule has 1 aliphatic heterocycles. The van der Waals surface area contributed by atoms with Crippen LogP contribution < -0.4 is 4.90 Å². The van der Waals surface area contributed by atoms with E-state index in [1.807, 2.05) is 6.20 Å². The summed E-state index contributed by atoms with van der Waals surface area (Å²) in [6.07, 6.45) is 10.5. The van der Waals surface area contributed by atoms with Crippen molar-refractivity contribution in [3.63, 3.8) is 0 Å². The number of anilines is 1. The van der Waals surface area contributed by atoms with Crippen molar-refractivity contribution in [1.29, 1.82) is 0 Å². The quantitative estimate of drug-likeness (QED) is 0.869. The first-order valence-corrected chi connectivity index (χ1v) is 8.91. The number of hydrogen-bond donors (Lipinski definition) is 0. The number of hydrogen-bond acceptors (Lipinski definition) is 5. The van der Waals surface area contributed by atoms with E-state index >= 15 is 0 Å². The van der Waals surface area contributed by atoms with Crippen molar-refractivity contribution in [3.8, 4) is 0 Å². The smallest absolute Gasteiger partial charge is 0.163 e. The summed E-state index contributed by atoms with van der Waals surface area (Å²) in [6, 6.07) is 0. The lowest BCUT2D eigenvalue weighted by Gasteiger charge is -2.33. The van der Waals surface area contributed by atoms with E-state index in [4.69, 9.17) is 0 Å². The van der Waals surface area contributed by atoms with Crippen LogP contribution in [0.5, 0.6) is 0 Å². The Kier molecular flexibility index (Phi) is 4.16. The molecule has 0 amide bonds. The van der Waals surface area contributed by atoms with Crippen LogP contribution in [0.1, 0.15) is 32.1 Å². The summed E-state index contributed by atoms with van der Waals surface area (Å²) in [5.74, 6) is 1.81. The minimum absolute atomic E-state index is 0.758. The molecule has 1 saturated heterocycles. The lowest BCUT2D eigenvalue weighted by atomic mass is 9.89. The largest absolute Gasteiger partial charge is 0.353 e. The van der Waals surface area contributed by atoms with Gasteiger partial charge in [-0.2, -0.15) is 5.10 Å². The molecule has 0 bridgehead atoms. The van der Waals surface area contributed by atoms with Crippen molar-refractivity contribution in [2.45, 2.75) is 38.6 Å². The molecule has 0 N–H and O–H groups in total. The Hall–Kier alpha value is -1.69. The molecule has 124 valence electrons. The normalized spacial score (nSPS) is 21.2. The van der Waals surface area contributed by atoms with Crippen molar-refractivity contribution in [3.05, 3.63) is 12.5 Å². The van der Waals surface area contributed by atoms with E-state index in [2.05, 4.69) is 36.6 Å². The number of likely N-dealkylation sites (N-methyl/N-ethyl adjacent to an activating group) is 1. The van der Waals surface area contributed by atoms with Gasteiger partial charge in [0, 0.05) is 32.7 Å². The van der Waals surface area contributed by atoms with Crippen LogP contribution in [0, 0.1) is 5.92 Å². The van der Waals surface area contributed by atoms with Crippen LogP contribution in [0.15, 0.2) is 12.5 Å². The van der Waals surface area contributed by atoms with Crippen LogP contribution in [0.3, 0.4) is 0 Å². The molecule has 1 aliphatic carbocycles. The molecule has 0 atom stereocenters. The van der Waals surface area contributed by atoms with Gasteiger partial charge in [-0.25, -0.2) is 14.6 Å². The highest BCUT2D eigenvalue weighted by molar-refractivity contribution is 5.86. The molecule has 0 radical (unpaired) electrons. The SMILES string of the molecule is CN1CCN(c2ncnc3c2cnn3CC2CCCCC2)CC1. The van der Waals surface area contributed by atoms with Crippen LogP contribution >= 0.6 is 0 Å². The van der Waals surface area contributed by atoms with Crippen molar-refractivity contribution >= 4 is 16.9 Å². The summed E-state index contributed by atoms with van der Waals surface area (Å²) < 4.78 is 2.10. The summed E-state index contributed by atoms with van der Waals surface area (Å²) in [7, 11) is 2.18. The topological polar surface area (TPSA) is 50.1 Å². The first kappa shape index (κ1) is 14.9. The molecule has 23 heavy (non-hydrogen) atoms. The minimum atomic E-state index is 0.758. The van der Waals surface area contributed by atoms with Crippen molar-refractivity contribution in [2.75, 3.05) is 38.1 Å². The highest BCUT2D eigenvalue weighted by Gasteiger charge is 2.21. The number of piperazine rings is 1. The molecule has 6 heteroatoms. The summed E-state index contributed by atoms with van der Waals surface area (Å²) >= 11 is 0. The fraction of sp³-hybridized carbons (Fsp3) is 0.706. The van der Waals surface area contributed by atoms with Gasteiger partial charge in [0.25, 0.3) is 0 Å². The fourth-order valence-electron chi connectivity index (χ4n) is 3.90. The minimum Gasteiger partial charge on any atom is -0.353 e. The molecule has 0 spiro atoms. The predicted molar refractivity (Wildman–Crippen MR) is 91.6 cm³/mol. The van der Waals surface area contributed by atoms with Crippen LogP contribution in [0.4, 0.5) is 5.82 Å². The Morgan fingerprint density at radius 2 is 1.83 bits per heavy atom. The number of aromatic nitrogens is 4. The average molecular weight is 314 g/mol. The van der Waals surface area contributed by atoms with Crippen LogP contribution in [-0.2, 0) is 6.54 Å². The third kappa shape index (κ3) is 3.04. The van der Waals surface area contributed by atoms with E-state index in [1.54, 1.807) is 6.33 Å². The molecule has 2 fully saturated rings. The Morgan fingerprint density at radius 1 is 1.04 bits per heavy atom. The summed E-state index contributed by atoms with van der Waals surface area (Å²) in [5.41, 5.74) is 1.000. The number of fused-ring (bicyclic) bond motifs is 1. The Balaban J connectivity index is 1.58. The second-order valence-electron chi connectivity index (χ2n) is 7.06. The Morgan fingerprint density at radius 3 is 2.61 bits per heavy atom. The molecule has 0 unspecified atom stereocenters. The Bertz CT molecular complexity index is 652. The van der Waals surface area contributed by atoms with E-state index in [0.717, 1.165) is 55.5 Å². The molecule has 1 saturated carbocycles. The van der Waals surface area contributed by atoms with E-state index in [0.29, 0.717) is 0 Å². The van der Waals surface area contributed by atoms with Gasteiger partial charge in [0.2, 0.25) is 0 Å². The van der Waals surface area contributed by atoms with E-state index < -0.39 is 0 Å². The van der Waals surface area contributed by atoms with Crippen LogP contribution in [0.25, 0.3) is 11.0 Å². The van der Waals surface area contributed by atoms with Gasteiger partial charge < -0.3 is 9.80 Å². The second kappa shape index (κ2) is 6.43. The summed E-state index contributed by atoms with van der Waals surface area (Å²) in [5, 5.41) is 5.74. The zero-order valence-electron chi connectivity index (χ0n) is 14.0. The molecule has 3 heterocycles. The zero-order chi connectivity index (χ0) is 15.6. The molecular formula is C17H26N6. The summed E-state index contributed by atoms with van der Waals surface area (Å²) in [4.78, 5) is 13.8. The monoisotopic (exact) mass is 314 g/mol. The molecule has 2 aliphatic rings. The van der Waals surface area contributed by atoms with Gasteiger partial charge in [0.1, 0.15) is 12.1 Å². The maximum absolute atomic E-state index is 4.64.